The van der Waals surface area contributed by atoms with Gasteiger partial charge in [0, 0.05) is 49.1 Å². The number of fused-ring (bicyclic) bond motifs is 1. The number of H-pyrrole nitrogens is 1. The molecule has 0 spiro atoms. The van der Waals surface area contributed by atoms with Crippen LogP contribution in [0.25, 0.3) is 0 Å². The van der Waals surface area contributed by atoms with E-state index < -0.39 is 11.7 Å². The normalized spacial score (nSPS) is 20.0. The summed E-state index contributed by atoms with van der Waals surface area (Å²) >= 11 is 6.19. The Morgan fingerprint density at radius 2 is 1.96 bits per heavy atom. The van der Waals surface area contributed by atoms with E-state index in [2.05, 4.69) is 27.1 Å². The van der Waals surface area contributed by atoms with Crippen molar-refractivity contribution in [2.45, 2.75) is 19.3 Å². The molecule has 4 rings (SSSR count). The van der Waals surface area contributed by atoms with Gasteiger partial charge < -0.3 is 15.1 Å². The lowest BCUT2D eigenvalue weighted by molar-refractivity contribution is -0.116. The van der Waals surface area contributed by atoms with Gasteiger partial charge in [-0.1, -0.05) is 24.6 Å². The van der Waals surface area contributed by atoms with Crippen molar-refractivity contribution in [3.63, 3.8) is 0 Å². The van der Waals surface area contributed by atoms with Crippen molar-refractivity contribution >= 4 is 29.3 Å². The van der Waals surface area contributed by atoms with Gasteiger partial charge in [-0.05, 0) is 18.7 Å². The maximum Gasteiger partial charge on any atom is 0.258 e. The molecule has 2 aromatic rings. The SMILES string of the molecule is CCN1CCN(c2nc3c(c(=O)[nH]2)[C@H](c2c(F)cccc2Cl)CC(=O)N3)CC1. The van der Waals surface area contributed by atoms with Crippen molar-refractivity contribution in [3.8, 4) is 0 Å². The number of benzene rings is 1. The first-order chi connectivity index (χ1) is 13.5. The summed E-state index contributed by atoms with van der Waals surface area (Å²) in [7, 11) is 0. The molecule has 0 bridgehead atoms. The fourth-order valence-corrected chi connectivity index (χ4v) is 4.17. The van der Waals surface area contributed by atoms with Crippen molar-refractivity contribution in [3.05, 3.63) is 50.5 Å². The van der Waals surface area contributed by atoms with Gasteiger partial charge in [0.15, 0.2) is 0 Å². The van der Waals surface area contributed by atoms with Gasteiger partial charge in [0.1, 0.15) is 11.6 Å². The van der Waals surface area contributed by atoms with Crippen molar-refractivity contribution in [1.82, 2.24) is 14.9 Å². The molecule has 7 nitrogen and oxygen atoms in total. The van der Waals surface area contributed by atoms with Crippen molar-refractivity contribution in [2.75, 3.05) is 42.9 Å². The molecule has 28 heavy (non-hydrogen) atoms. The lowest BCUT2D eigenvalue weighted by Crippen LogP contribution is -2.47. The van der Waals surface area contributed by atoms with Crippen LogP contribution in [-0.4, -0.2) is 53.5 Å². The van der Waals surface area contributed by atoms with Crippen molar-refractivity contribution in [1.29, 1.82) is 0 Å². The highest BCUT2D eigenvalue weighted by molar-refractivity contribution is 6.31. The minimum atomic E-state index is -0.778. The van der Waals surface area contributed by atoms with Gasteiger partial charge in [-0.3, -0.25) is 14.6 Å². The first-order valence-corrected chi connectivity index (χ1v) is 9.71. The number of hydrogen-bond acceptors (Lipinski definition) is 5. The Bertz CT molecular complexity index is 951. The fraction of sp³-hybridized carbons (Fsp3) is 0.421. The topological polar surface area (TPSA) is 81.3 Å². The molecule has 0 saturated carbocycles. The number of rotatable bonds is 3. The lowest BCUT2D eigenvalue weighted by atomic mass is 9.86. The molecule has 2 N–H and O–H groups in total. The molecular formula is C19H21ClFN5O2. The predicted molar refractivity (Wildman–Crippen MR) is 106 cm³/mol. The third kappa shape index (κ3) is 3.38. The summed E-state index contributed by atoms with van der Waals surface area (Å²) in [5, 5.41) is 2.85. The smallest absolute Gasteiger partial charge is 0.258 e. The molecule has 2 aliphatic heterocycles. The van der Waals surface area contributed by atoms with Crippen LogP contribution in [-0.2, 0) is 4.79 Å². The van der Waals surface area contributed by atoms with Crippen LogP contribution in [0.15, 0.2) is 23.0 Å². The average molecular weight is 406 g/mol. The highest BCUT2D eigenvalue weighted by atomic mass is 35.5. The monoisotopic (exact) mass is 405 g/mol. The summed E-state index contributed by atoms with van der Waals surface area (Å²) in [5.74, 6) is -1.05. The van der Waals surface area contributed by atoms with Crippen LogP contribution in [0.1, 0.15) is 30.4 Å². The van der Waals surface area contributed by atoms with Gasteiger partial charge in [-0.2, -0.15) is 4.98 Å². The zero-order valence-corrected chi connectivity index (χ0v) is 16.2. The predicted octanol–water partition coefficient (Wildman–Crippen LogP) is 2.18. The molecule has 1 amide bonds. The minimum Gasteiger partial charge on any atom is -0.340 e. The third-order valence-electron chi connectivity index (χ3n) is 5.41. The van der Waals surface area contributed by atoms with E-state index >= 15 is 0 Å². The highest BCUT2D eigenvalue weighted by Gasteiger charge is 2.34. The Labute approximate surface area is 166 Å². The molecule has 1 saturated heterocycles. The van der Waals surface area contributed by atoms with E-state index in [1.165, 1.54) is 12.1 Å². The second-order valence-electron chi connectivity index (χ2n) is 7.01. The second kappa shape index (κ2) is 7.52. The van der Waals surface area contributed by atoms with Gasteiger partial charge in [0.2, 0.25) is 11.9 Å². The summed E-state index contributed by atoms with van der Waals surface area (Å²) in [6.45, 7) is 6.29. The van der Waals surface area contributed by atoms with E-state index in [0.29, 0.717) is 5.95 Å². The zero-order chi connectivity index (χ0) is 19.8. The van der Waals surface area contributed by atoms with Gasteiger partial charge in [0.25, 0.3) is 5.56 Å². The number of aromatic nitrogens is 2. The quantitative estimate of drug-likeness (QED) is 0.818. The second-order valence-corrected chi connectivity index (χ2v) is 7.42. The van der Waals surface area contributed by atoms with E-state index in [-0.39, 0.29) is 39.9 Å². The molecule has 1 aromatic carbocycles. The Morgan fingerprint density at radius 3 is 2.64 bits per heavy atom. The van der Waals surface area contributed by atoms with Crippen molar-refractivity contribution < 1.29 is 9.18 Å². The van der Waals surface area contributed by atoms with Crippen LogP contribution in [0.5, 0.6) is 0 Å². The molecule has 0 aliphatic carbocycles. The van der Waals surface area contributed by atoms with Crippen LogP contribution in [0.4, 0.5) is 16.2 Å². The number of anilines is 2. The van der Waals surface area contributed by atoms with Crippen LogP contribution in [0, 0.1) is 5.82 Å². The Morgan fingerprint density at radius 1 is 1.21 bits per heavy atom. The zero-order valence-electron chi connectivity index (χ0n) is 15.5. The van der Waals surface area contributed by atoms with Gasteiger partial charge in [0.05, 0.1) is 5.56 Å². The van der Waals surface area contributed by atoms with Gasteiger partial charge >= 0.3 is 0 Å². The fourth-order valence-electron chi connectivity index (χ4n) is 3.88. The maximum absolute atomic E-state index is 14.5. The number of amides is 1. The number of nitrogens with one attached hydrogen (secondary N) is 2. The number of nitrogens with zero attached hydrogens (tertiary/aromatic N) is 3. The third-order valence-corrected chi connectivity index (χ3v) is 5.74. The Hall–Kier alpha value is -2.45. The summed E-state index contributed by atoms with van der Waals surface area (Å²) < 4.78 is 14.5. The summed E-state index contributed by atoms with van der Waals surface area (Å²) in [6.07, 6.45) is -0.0626. The molecular weight excluding hydrogens is 385 g/mol. The van der Waals surface area contributed by atoms with Crippen LogP contribution in [0.2, 0.25) is 5.02 Å². The van der Waals surface area contributed by atoms with E-state index in [0.717, 1.165) is 32.7 Å². The molecule has 3 heterocycles. The molecule has 0 unspecified atom stereocenters. The number of carbonyl (C=O) groups excluding carboxylic acids is 1. The molecule has 1 fully saturated rings. The van der Waals surface area contributed by atoms with Gasteiger partial charge in [-0.15, -0.1) is 0 Å². The van der Waals surface area contributed by atoms with Gasteiger partial charge in [-0.25, -0.2) is 4.39 Å². The van der Waals surface area contributed by atoms with E-state index in [9.17, 15) is 14.0 Å². The van der Waals surface area contributed by atoms with E-state index in [1.807, 2.05) is 4.90 Å². The number of halogens is 2. The molecule has 1 atom stereocenters. The number of piperazine rings is 1. The summed E-state index contributed by atoms with van der Waals surface area (Å²) in [4.78, 5) is 36.8. The van der Waals surface area contributed by atoms with E-state index in [4.69, 9.17) is 11.6 Å². The van der Waals surface area contributed by atoms with Crippen LogP contribution in [0.3, 0.4) is 0 Å². The summed E-state index contributed by atoms with van der Waals surface area (Å²) in [6, 6.07) is 4.32. The molecule has 148 valence electrons. The molecule has 2 aliphatic rings. The maximum atomic E-state index is 14.5. The average Bonchev–Trinajstić information content (AvgIpc) is 2.67. The van der Waals surface area contributed by atoms with E-state index in [1.54, 1.807) is 6.07 Å². The molecule has 1 aromatic heterocycles. The number of aromatic amines is 1. The highest BCUT2D eigenvalue weighted by Crippen LogP contribution is 2.38. The number of hydrogen-bond donors (Lipinski definition) is 2. The Balaban J connectivity index is 1.74. The number of carbonyl (C=O) groups is 1. The number of likely N-dealkylation sites (N-methyl/N-ethyl adjacent to an activating group) is 1. The first-order valence-electron chi connectivity index (χ1n) is 9.33. The Kier molecular flexibility index (Phi) is 5.07. The molecule has 9 heteroatoms. The molecule has 0 radical (unpaired) electrons. The summed E-state index contributed by atoms with van der Waals surface area (Å²) in [5.41, 5.74) is 0.00154. The largest absolute Gasteiger partial charge is 0.340 e. The first kappa shape index (κ1) is 18.9. The van der Waals surface area contributed by atoms with Crippen LogP contribution < -0.4 is 15.8 Å². The standard InChI is InChI=1S/C19H21ClFN5O2/c1-2-25-6-8-26(9-7-25)19-23-17-16(18(28)24-19)11(10-14(27)22-17)15-12(20)4-3-5-13(15)21/h3-5,11H,2,6-10H2,1H3,(H2,22,23,24,27,28)/t11-/m0/s1. The minimum absolute atomic E-state index is 0.0626. The lowest BCUT2D eigenvalue weighted by Gasteiger charge is -2.35. The van der Waals surface area contributed by atoms with Crippen molar-refractivity contribution in [2.24, 2.45) is 0 Å². The van der Waals surface area contributed by atoms with Crippen LogP contribution >= 0.6 is 11.6 Å².